The molecule has 1 aromatic rings. The van der Waals surface area contributed by atoms with Crippen molar-refractivity contribution in [3.05, 3.63) is 5.01 Å². The van der Waals surface area contributed by atoms with Gasteiger partial charge >= 0.3 is 6.09 Å². The largest absolute Gasteiger partial charge is 0.450 e. The summed E-state index contributed by atoms with van der Waals surface area (Å²) in [6.07, 6.45) is 3.24. The van der Waals surface area contributed by atoms with Crippen molar-refractivity contribution in [2.75, 3.05) is 25.0 Å². The van der Waals surface area contributed by atoms with Gasteiger partial charge in [0.15, 0.2) is 0 Å². The maximum absolute atomic E-state index is 12.5. The van der Waals surface area contributed by atoms with Gasteiger partial charge in [-0.15, -0.1) is 10.2 Å². The number of nitrogens with zero attached hydrogens (tertiary/aromatic N) is 3. The summed E-state index contributed by atoms with van der Waals surface area (Å²) in [5, 5.41) is 12.6. The molecule has 0 aromatic carbocycles. The van der Waals surface area contributed by atoms with Gasteiger partial charge in [0.05, 0.1) is 12.5 Å². The van der Waals surface area contributed by atoms with E-state index in [0.717, 1.165) is 30.7 Å². The van der Waals surface area contributed by atoms with Gasteiger partial charge in [-0.05, 0) is 32.6 Å². The first-order valence-electron chi connectivity index (χ1n) is 8.64. The summed E-state index contributed by atoms with van der Waals surface area (Å²) in [6.45, 7) is 7.40. The normalized spacial score (nSPS) is 17.8. The predicted octanol–water partition coefficient (Wildman–Crippen LogP) is 3.25. The van der Waals surface area contributed by atoms with Crippen LogP contribution in [-0.4, -0.2) is 46.8 Å². The Morgan fingerprint density at radius 2 is 2.08 bits per heavy atom. The highest BCUT2D eigenvalue weighted by Crippen LogP contribution is 2.28. The summed E-state index contributed by atoms with van der Waals surface area (Å²) in [7, 11) is 0. The summed E-state index contributed by atoms with van der Waals surface area (Å²) in [6, 6.07) is 0. The molecule has 1 N–H and O–H groups in total. The van der Waals surface area contributed by atoms with Crippen LogP contribution in [0.5, 0.6) is 0 Å². The lowest BCUT2D eigenvalue weighted by molar-refractivity contribution is -0.121. The van der Waals surface area contributed by atoms with Crippen molar-refractivity contribution in [3.63, 3.8) is 0 Å². The molecule has 2 heterocycles. The standard InChI is InChI=1S/C16H26N4O3S/c1-4-11(5-2)14-18-19-15(24-14)17-13(21)12-8-7-9-20(10-12)16(22)23-6-3/h11-12H,4-10H2,1-3H3,(H,17,19,21). The maximum Gasteiger partial charge on any atom is 0.409 e. The van der Waals surface area contributed by atoms with Crippen LogP contribution in [0.15, 0.2) is 0 Å². The minimum absolute atomic E-state index is 0.101. The number of carbonyl (C=O) groups is 2. The first-order chi connectivity index (χ1) is 11.6. The zero-order chi connectivity index (χ0) is 17.5. The average molecular weight is 354 g/mol. The number of rotatable bonds is 6. The molecule has 0 radical (unpaired) electrons. The van der Waals surface area contributed by atoms with Crippen molar-refractivity contribution in [1.29, 1.82) is 0 Å². The van der Waals surface area contributed by atoms with E-state index >= 15 is 0 Å². The first-order valence-corrected chi connectivity index (χ1v) is 9.46. The quantitative estimate of drug-likeness (QED) is 0.848. The van der Waals surface area contributed by atoms with Gasteiger partial charge in [0.2, 0.25) is 11.0 Å². The van der Waals surface area contributed by atoms with Gasteiger partial charge in [0.25, 0.3) is 0 Å². The number of hydrogen-bond donors (Lipinski definition) is 1. The highest BCUT2D eigenvalue weighted by molar-refractivity contribution is 7.15. The molecule has 1 saturated heterocycles. The van der Waals surface area contributed by atoms with Crippen LogP contribution in [0, 0.1) is 5.92 Å². The molecular formula is C16H26N4O3S. The fourth-order valence-electron chi connectivity index (χ4n) is 2.87. The highest BCUT2D eigenvalue weighted by Gasteiger charge is 2.29. The second-order valence-electron chi connectivity index (χ2n) is 5.93. The molecule has 1 unspecified atom stereocenters. The van der Waals surface area contributed by atoms with Crippen molar-refractivity contribution in [1.82, 2.24) is 15.1 Å². The lowest BCUT2D eigenvalue weighted by Crippen LogP contribution is -2.44. The van der Waals surface area contributed by atoms with E-state index in [9.17, 15) is 9.59 Å². The van der Waals surface area contributed by atoms with Crippen LogP contribution in [0.3, 0.4) is 0 Å². The Hall–Kier alpha value is -1.70. The molecule has 0 aliphatic carbocycles. The van der Waals surface area contributed by atoms with E-state index in [1.165, 1.54) is 11.3 Å². The van der Waals surface area contributed by atoms with Crippen LogP contribution in [-0.2, 0) is 9.53 Å². The Morgan fingerprint density at radius 3 is 2.75 bits per heavy atom. The summed E-state index contributed by atoms with van der Waals surface area (Å²) < 4.78 is 5.02. The highest BCUT2D eigenvalue weighted by atomic mass is 32.1. The van der Waals surface area contributed by atoms with Crippen molar-refractivity contribution < 1.29 is 14.3 Å². The van der Waals surface area contributed by atoms with Crippen LogP contribution in [0.1, 0.15) is 57.4 Å². The monoisotopic (exact) mass is 354 g/mol. The molecule has 0 spiro atoms. The van der Waals surface area contributed by atoms with Crippen LogP contribution in [0.2, 0.25) is 0 Å². The number of hydrogen-bond acceptors (Lipinski definition) is 6. The molecule has 1 atom stereocenters. The van der Waals surface area contributed by atoms with Crippen molar-refractivity contribution in [2.24, 2.45) is 5.92 Å². The van der Waals surface area contributed by atoms with E-state index in [1.807, 2.05) is 0 Å². The van der Waals surface area contributed by atoms with E-state index in [-0.39, 0.29) is 17.9 Å². The van der Waals surface area contributed by atoms with E-state index in [0.29, 0.717) is 30.7 Å². The summed E-state index contributed by atoms with van der Waals surface area (Å²) >= 11 is 1.44. The summed E-state index contributed by atoms with van der Waals surface area (Å²) in [5.74, 6) is 0.0574. The molecule has 8 heteroatoms. The zero-order valence-electron chi connectivity index (χ0n) is 14.6. The molecule has 2 amide bonds. The number of carbonyl (C=O) groups excluding carboxylic acids is 2. The van der Waals surface area contributed by atoms with Crippen molar-refractivity contribution in [2.45, 2.75) is 52.4 Å². The third-order valence-corrected chi connectivity index (χ3v) is 5.32. The molecule has 0 saturated carbocycles. The number of nitrogens with one attached hydrogen (secondary N) is 1. The molecule has 1 aliphatic rings. The Kier molecular flexibility index (Phi) is 6.96. The number of piperidine rings is 1. The molecular weight excluding hydrogens is 328 g/mol. The van der Waals surface area contributed by atoms with Crippen LogP contribution >= 0.6 is 11.3 Å². The summed E-state index contributed by atoms with van der Waals surface area (Å²) in [5.41, 5.74) is 0. The van der Waals surface area contributed by atoms with Crippen LogP contribution in [0.25, 0.3) is 0 Å². The molecule has 7 nitrogen and oxygen atoms in total. The Bertz CT molecular complexity index is 559. The van der Waals surface area contributed by atoms with Crippen LogP contribution < -0.4 is 5.32 Å². The van der Waals surface area contributed by atoms with Gasteiger partial charge in [-0.3, -0.25) is 4.79 Å². The zero-order valence-corrected chi connectivity index (χ0v) is 15.4. The number of likely N-dealkylation sites (tertiary alicyclic amines) is 1. The molecule has 1 aromatic heterocycles. The fraction of sp³-hybridized carbons (Fsp3) is 0.750. The van der Waals surface area contributed by atoms with Gasteiger partial charge in [-0.2, -0.15) is 0 Å². The SMILES string of the molecule is CCOC(=O)N1CCCC(C(=O)Nc2nnc(C(CC)CC)s2)C1. The van der Waals surface area contributed by atoms with Crippen molar-refractivity contribution >= 4 is 28.5 Å². The maximum atomic E-state index is 12.5. The van der Waals surface area contributed by atoms with Gasteiger partial charge < -0.3 is 15.0 Å². The molecule has 2 rings (SSSR count). The molecule has 1 fully saturated rings. The second-order valence-corrected chi connectivity index (χ2v) is 6.94. The lowest BCUT2D eigenvalue weighted by Gasteiger charge is -2.30. The number of ether oxygens (including phenoxy) is 1. The molecule has 134 valence electrons. The van der Waals surface area contributed by atoms with Gasteiger partial charge in [-0.25, -0.2) is 4.79 Å². The van der Waals surface area contributed by atoms with E-state index in [1.54, 1.807) is 11.8 Å². The minimum atomic E-state index is -0.345. The Balaban J connectivity index is 1.93. The van der Waals surface area contributed by atoms with Gasteiger partial charge in [0.1, 0.15) is 5.01 Å². The van der Waals surface area contributed by atoms with E-state index in [4.69, 9.17) is 4.74 Å². The predicted molar refractivity (Wildman–Crippen MR) is 93.2 cm³/mol. The Labute approximate surface area is 146 Å². The third-order valence-electron chi connectivity index (χ3n) is 4.32. The topological polar surface area (TPSA) is 84.4 Å². The lowest BCUT2D eigenvalue weighted by atomic mass is 9.97. The van der Waals surface area contributed by atoms with E-state index < -0.39 is 0 Å². The van der Waals surface area contributed by atoms with Gasteiger partial charge in [-0.1, -0.05) is 25.2 Å². The smallest absolute Gasteiger partial charge is 0.409 e. The van der Waals surface area contributed by atoms with E-state index in [2.05, 4.69) is 29.4 Å². The number of aromatic nitrogens is 2. The molecule has 0 bridgehead atoms. The van der Waals surface area contributed by atoms with Crippen molar-refractivity contribution in [3.8, 4) is 0 Å². The summed E-state index contributed by atoms with van der Waals surface area (Å²) in [4.78, 5) is 25.9. The van der Waals surface area contributed by atoms with Gasteiger partial charge in [0, 0.05) is 19.0 Å². The Morgan fingerprint density at radius 1 is 1.33 bits per heavy atom. The molecule has 1 aliphatic heterocycles. The minimum Gasteiger partial charge on any atom is -0.450 e. The number of amides is 2. The second kappa shape index (κ2) is 8.96. The average Bonchev–Trinajstić information content (AvgIpc) is 3.04. The molecule has 24 heavy (non-hydrogen) atoms. The van der Waals surface area contributed by atoms with Crippen LogP contribution in [0.4, 0.5) is 9.93 Å². The third kappa shape index (κ3) is 4.66. The first kappa shape index (κ1) is 18.6. The number of anilines is 1. The fourth-order valence-corrected chi connectivity index (χ4v) is 3.88.